The van der Waals surface area contributed by atoms with Crippen LogP contribution in [-0.4, -0.2) is 16.3 Å². The van der Waals surface area contributed by atoms with Crippen molar-refractivity contribution in [3.8, 4) is 0 Å². The van der Waals surface area contributed by atoms with Gasteiger partial charge in [0.1, 0.15) is 5.76 Å². The maximum absolute atomic E-state index is 5.97. The second-order valence-electron chi connectivity index (χ2n) is 3.88. The van der Waals surface area contributed by atoms with Crippen LogP contribution in [0, 0.1) is 6.92 Å². The highest BCUT2D eigenvalue weighted by Gasteiger charge is 2.09. The van der Waals surface area contributed by atoms with E-state index in [0.29, 0.717) is 11.6 Å². The molecule has 2 aromatic rings. The molecule has 0 radical (unpaired) electrons. The van der Waals surface area contributed by atoms with Crippen LogP contribution in [0.25, 0.3) is 0 Å². The lowest BCUT2D eigenvalue weighted by Crippen LogP contribution is -2.13. The Kier molecular flexibility index (Phi) is 3.86. The highest BCUT2D eigenvalue weighted by Crippen LogP contribution is 2.17. The smallest absolute Gasteiger partial charge is 0.122 e. The lowest BCUT2D eigenvalue weighted by atomic mass is 10.2. The maximum Gasteiger partial charge on any atom is 0.122 e. The van der Waals surface area contributed by atoms with Crippen molar-refractivity contribution in [2.45, 2.75) is 26.9 Å². The van der Waals surface area contributed by atoms with Gasteiger partial charge in [0.2, 0.25) is 0 Å². The van der Waals surface area contributed by atoms with Gasteiger partial charge in [-0.2, -0.15) is 5.10 Å². The van der Waals surface area contributed by atoms with Crippen molar-refractivity contribution in [2.75, 3.05) is 6.54 Å². The second kappa shape index (κ2) is 5.38. The number of halogens is 1. The van der Waals surface area contributed by atoms with E-state index in [9.17, 15) is 0 Å². The summed E-state index contributed by atoms with van der Waals surface area (Å²) in [7, 11) is 0. The van der Waals surface area contributed by atoms with Gasteiger partial charge in [0.25, 0.3) is 0 Å². The highest BCUT2D eigenvalue weighted by atomic mass is 35.5. The fourth-order valence-corrected chi connectivity index (χ4v) is 1.79. The Balaban J connectivity index is 2.13. The van der Waals surface area contributed by atoms with Crippen molar-refractivity contribution in [1.82, 2.24) is 15.1 Å². The first-order valence-corrected chi connectivity index (χ1v) is 6.04. The van der Waals surface area contributed by atoms with Gasteiger partial charge in [-0.15, -0.1) is 0 Å². The lowest BCUT2D eigenvalue weighted by Gasteiger charge is -2.05. The Hall–Kier alpha value is -1.26. The van der Waals surface area contributed by atoms with E-state index < -0.39 is 0 Å². The van der Waals surface area contributed by atoms with Crippen LogP contribution < -0.4 is 5.32 Å². The normalized spacial score (nSPS) is 11.0. The van der Waals surface area contributed by atoms with Gasteiger partial charge >= 0.3 is 0 Å². The first-order chi connectivity index (χ1) is 8.22. The molecular weight excluding hydrogens is 238 g/mol. The van der Waals surface area contributed by atoms with Crippen molar-refractivity contribution < 1.29 is 4.42 Å². The van der Waals surface area contributed by atoms with Crippen LogP contribution in [0.2, 0.25) is 5.02 Å². The maximum atomic E-state index is 5.97. The van der Waals surface area contributed by atoms with Crippen LogP contribution in [-0.2, 0) is 13.1 Å². The van der Waals surface area contributed by atoms with Gasteiger partial charge in [-0.1, -0.05) is 18.5 Å². The molecule has 2 rings (SSSR count). The van der Waals surface area contributed by atoms with E-state index in [2.05, 4.69) is 17.3 Å². The van der Waals surface area contributed by atoms with Crippen molar-refractivity contribution in [2.24, 2.45) is 0 Å². The third-order valence-electron chi connectivity index (χ3n) is 2.74. The number of nitrogens with zero attached hydrogens (tertiary/aromatic N) is 2. The molecule has 2 heterocycles. The monoisotopic (exact) mass is 253 g/mol. The molecular formula is C12H16ClN3O. The van der Waals surface area contributed by atoms with Gasteiger partial charge in [-0.05, 0) is 19.5 Å². The fraction of sp³-hybridized carbons (Fsp3) is 0.417. The largest absolute Gasteiger partial charge is 0.468 e. The molecule has 1 N–H and O–H groups in total. The van der Waals surface area contributed by atoms with Crippen LogP contribution >= 0.6 is 11.6 Å². The van der Waals surface area contributed by atoms with Crippen LogP contribution in [0.4, 0.5) is 0 Å². The van der Waals surface area contributed by atoms with Crippen molar-refractivity contribution in [1.29, 1.82) is 0 Å². The molecule has 17 heavy (non-hydrogen) atoms. The molecule has 0 spiro atoms. The molecule has 0 fully saturated rings. The average Bonchev–Trinajstić information content (AvgIpc) is 2.89. The quantitative estimate of drug-likeness (QED) is 0.891. The highest BCUT2D eigenvalue weighted by molar-refractivity contribution is 6.31. The number of aromatic nitrogens is 2. The minimum atomic E-state index is 0.690. The average molecular weight is 254 g/mol. The standard InChI is InChI=1S/C12H16ClN3O/c1-3-14-7-12-10(4-5-17-12)8-16-9(2)11(13)6-15-16/h4-6,14H,3,7-8H2,1-2H3. The molecule has 92 valence electrons. The Bertz CT molecular complexity index is 490. The molecule has 0 atom stereocenters. The summed E-state index contributed by atoms with van der Waals surface area (Å²) in [5.41, 5.74) is 2.11. The van der Waals surface area contributed by atoms with E-state index in [1.165, 1.54) is 0 Å². The van der Waals surface area contributed by atoms with Crippen LogP contribution in [0.15, 0.2) is 22.9 Å². The summed E-state index contributed by atoms with van der Waals surface area (Å²) in [6, 6.07) is 1.97. The Labute approximate surface area is 106 Å². The summed E-state index contributed by atoms with van der Waals surface area (Å²) in [5, 5.41) is 8.18. The van der Waals surface area contributed by atoms with Crippen LogP contribution in [0.3, 0.4) is 0 Å². The summed E-state index contributed by atoms with van der Waals surface area (Å²) in [6.07, 6.45) is 3.38. The molecule has 5 heteroatoms. The Morgan fingerprint density at radius 2 is 2.35 bits per heavy atom. The van der Waals surface area contributed by atoms with E-state index in [4.69, 9.17) is 16.0 Å². The summed E-state index contributed by atoms with van der Waals surface area (Å²) >= 11 is 5.97. The van der Waals surface area contributed by atoms with Gasteiger partial charge in [0.15, 0.2) is 0 Å². The molecule has 2 aromatic heterocycles. The lowest BCUT2D eigenvalue weighted by molar-refractivity contribution is 0.479. The first kappa shape index (κ1) is 12.2. The zero-order chi connectivity index (χ0) is 12.3. The van der Waals surface area contributed by atoms with E-state index in [0.717, 1.165) is 30.1 Å². The third-order valence-corrected chi connectivity index (χ3v) is 3.11. The predicted molar refractivity (Wildman–Crippen MR) is 67.2 cm³/mol. The molecule has 0 aliphatic carbocycles. The molecule has 0 saturated carbocycles. The summed E-state index contributed by atoms with van der Waals surface area (Å²) in [5.74, 6) is 0.956. The minimum absolute atomic E-state index is 0.690. The summed E-state index contributed by atoms with van der Waals surface area (Å²) in [6.45, 7) is 6.38. The molecule has 0 aliphatic rings. The predicted octanol–water partition coefficient (Wildman–Crippen LogP) is 2.60. The van der Waals surface area contributed by atoms with Crippen molar-refractivity contribution >= 4 is 11.6 Å². The topological polar surface area (TPSA) is 43.0 Å². The number of hydrogen-bond donors (Lipinski definition) is 1. The summed E-state index contributed by atoms with van der Waals surface area (Å²) < 4.78 is 7.33. The second-order valence-corrected chi connectivity index (χ2v) is 4.29. The molecule has 0 amide bonds. The zero-order valence-electron chi connectivity index (χ0n) is 10.0. The van der Waals surface area contributed by atoms with Crippen molar-refractivity contribution in [3.63, 3.8) is 0 Å². The number of nitrogens with one attached hydrogen (secondary N) is 1. The van der Waals surface area contributed by atoms with E-state index in [1.54, 1.807) is 12.5 Å². The number of furan rings is 1. The summed E-state index contributed by atoms with van der Waals surface area (Å²) in [4.78, 5) is 0. The minimum Gasteiger partial charge on any atom is -0.468 e. The molecule has 0 aliphatic heterocycles. The SMILES string of the molecule is CCNCc1occc1Cn1ncc(Cl)c1C. The Morgan fingerprint density at radius 1 is 1.53 bits per heavy atom. The van der Waals surface area contributed by atoms with Gasteiger partial charge in [0.05, 0.1) is 36.3 Å². The van der Waals surface area contributed by atoms with E-state index in [1.807, 2.05) is 17.7 Å². The number of rotatable bonds is 5. The first-order valence-electron chi connectivity index (χ1n) is 5.66. The van der Waals surface area contributed by atoms with Crippen LogP contribution in [0.1, 0.15) is 23.9 Å². The van der Waals surface area contributed by atoms with Crippen molar-refractivity contribution in [3.05, 3.63) is 40.6 Å². The number of hydrogen-bond acceptors (Lipinski definition) is 3. The molecule has 0 unspecified atom stereocenters. The molecule has 0 bridgehead atoms. The van der Waals surface area contributed by atoms with E-state index >= 15 is 0 Å². The van der Waals surface area contributed by atoms with Crippen LogP contribution in [0.5, 0.6) is 0 Å². The van der Waals surface area contributed by atoms with Gasteiger partial charge in [-0.3, -0.25) is 4.68 Å². The van der Waals surface area contributed by atoms with Gasteiger partial charge in [0, 0.05) is 5.56 Å². The van der Waals surface area contributed by atoms with E-state index in [-0.39, 0.29) is 0 Å². The van der Waals surface area contributed by atoms with Gasteiger partial charge in [-0.25, -0.2) is 0 Å². The zero-order valence-corrected chi connectivity index (χ0v) is 10.8. The van der Waals surface area contributed by atoms with Gasteiger partial charge < -0.3 is 9.73 Å². The third kappa shape index (κ3) is 2.70. The fourth-order valence-electron chi connectivity index (χ4n) is 1.65. The molecule has 4 nitrogen and oxygen atoms in total. The molecule has 0 aromatic carbocycles. The molecule has 0 saturated heterocycles. The Morgan fingerprint density at radius 3 is 3.00 bits per heavy atom.